The highest BCUT2D eigenvalue weighted by atomic mass is 16.5. The van der Waals surface area contributed by atoms with Crippen LogP contribution in [0.4, 0.5) is 5.95 Å². The van der Waals surface area contributed by atoms with Crippen molar-refractivity contribution in [3.63, 3.8) is 0 Å². The molecule has 38 heavy (non-hydrogen) atoms. The van der Waals surface area contributed by atoms with E-state index in [1.165, 1.54) is 18.0 Å². The number of carbonyl (C=O) groups is 1. The van der Waals surface area contributed by atoms with E-state index in [0.717, 1.165) is 28.3 Å². The minimum atomic E-state index is -0.662. The van der Waals surface area contributed by atoms with E-state index in [4.69, 9.17) is 15.5 Å². The standard InChI is InChI=1S/C26H28N8O4/c1-3-4-10-32-22-23(30-25(32)31-9-5-6-19(27)14-31)33(15-21(35)38-2)26(37)34(24(22)36)13-17-7-8-20-18(11-17)12-28-16-29-20/h7-8,11-12,16,19H,5-6,9-10,13-15,27H2,1-2H3. The number of hydrogen-bond donors (Lipinski definition) is 1. The highest BCUT2D eigenvalue weighted by Crippen LogP contribution is 2.23. The number of methoxy groups -OCH3 is 1. The third-order valence-electron chi connectivity index (χ3n) is 6.67. The van der Waals surface area contributed by atoms with Crippen LogP contribution < -0.4 is 21.9 Å². The minimum Gasteiger partial charge on any atom is -0.468 e. The average molecular weight is 517 g/mol. The van der Waals surface area contributed by atoms with Gasteiger partial charge in [-0.3, -0.25) is 23.3 Å². The Bertz CT molecular complexity index is 1710. The number of rotatable bonds is 6. The number of aromatic nitrogens is 6. The Labute approximate surface area is 217 Å². The van der Waals surface area contributed by atoms with Crippen LogP contribution in [0, 0.1) is 11.8 Å². The van der Waals surface area contributed by atoms with Gasteiger partial charge in [0.25, 0.3) is 5.56 Å². The topological polar surface area (TPSA) is 143 Å². The first kappa shape index (κ1) is 25.2. The van der Waals surface area contributed by atoms with Crippen LogP contribution in [-0.2, 0) is 29.2 Å². The molecule has 0 spiro atoms. The number of esters is 1. The molecule has 0 amide bonds. The van der Waals surface area contributed by atoms with Crippen LogP contribution in [0.1, 0.15) is 25.3 Å². The third-order valence-corrected chi connectivity index (χ3v) is 6.67. The number of nitrogens with zero attached hydrogens (tertiary/aromatic N) is 7. The number of nitrogens with two attached hydrogens (primary N) is 1. The monoisotopic (exact) mass is 516 g/mol. The molecule has 4 heterocycles. The number of carbonyl (C=O) groups excluding carboxylic acids is 1. The smallest absolute Gasteiger partial charge is 0.333 e. The lowest BCUT2D eigenvalue weighted by Crippen LogP contribution is -2.44. The molecule has 1 unspecified atom stereocenters. The van der Waals surface area contributed by atoms with Crippen molar-refractivity contribution in [2.75, 3.05) is 25.1 Å². The van der Waals surface area contributed by atoms with Crippen LogP contribution in [-0.4, -0.2) is 60.9 Å². The summed E-state index contributed by atoms with van der Waals surface area (Å²) in [7, 11) is 1.24. The van der Waals surface area contributed by atoms with Crippen molar-refractivity contribution in [2.45, 2.75) is 45.4 Å². The van der Waals surface area contributed by atoms with E-state index in [1.54, 1.807) is 23.8 Å². The summed E-state index contributed by atoms with van der Waals surface area (Å²) in [6.45, 7) is 2.74. The van der Waals surface area contributed by atoms with Gasteiger partial charge in [-0.25, -0.2) is 14.8 Å². The Kier molecular flexibility index (Phi) is 6.93. The van der Waals surface area contributed by atoms with Crippen molar-refractivity contribution in [1.82, 2.24) is 28.7 Å². The van der Waals surface area contributed by atoms with Gasteiger partial charge in [-0.1, -0.05) is 12.0 Å². The van der Waals surface area contributed by atoms with Crippen LogP contribution in [0.15, 0.2) is 40.3 Å². The molecular formula is C26H28N8O4. The molecule has 1 saturated heterocycles. The maximum Gasteiger partial charge on any atom is 0.333 e. The molecule has 0 bridgehead atoms. The summed E-state index contributed by atoms with van der Waals surface area (Å²) < 4.78 is 8.86. The lowest BCUT2D eigenvalue weighted by molar-refractivity contribution is -0.141. The summed E-state index contributed by atoms with van der Waals surface area (Å²) in [5.74, 6) is 5.73. The number of fused-ring (bicyclic) bond motifs is 2. The molecule has 12 heteroatoms. The zero-order valence-corrected chi connectivity index (χ0v) is 21.3. The summed E-state index contributed by atoms with van der Waals surface area (Å²) in [6, 6.07) is 5.40. The normalized spacial score (nSPS) is 15.4. The highest BCUT2D eigenvalue weighted by molar-refractivity contribution is 5.79. The fourth-order valence-corrected chi connectivity index (χ4v) is 4.81. The van der Waals surface area contributed by atoms with Crippen molar-refractivity contribution in [1.29, 1.82) is 0 Å². The second-order valence-electron chi connectivity index (χ2n) is 9.20. The second kappa shape index (κ2) is 10.5. The Morgan fingerprint density at radius 3 is 2.84 bits per heavy atom. The van der Waals surface area contributed by atoms with Crippen molar-refractivity contribution in [3.8, 4) is 11.8 Å². The molecule has 0 radical (unpaired) electrons. The largest absolute Gasteiger partial charge is 0.468 e. The zero-order chi connectivity index (χ0) is 26.8. The molecule has 0 saturated carbocycles. The van der Waals surface area contributed by atoms with Crippen LogP contribution in [0.5, 0.6) is 0 Å². The first-order chi connectivity index (χ1) is 18.4. The molecule has 5 rings (SSSR count). The van der Waals surface area contributed by atoms with Crippen molar-refractivity contribution >= 4 is 34.0 Å². The molecule has 1 aliphatic rings. The van der Waals surface area contributed by atoms with E-state index in [-0.39, 0.29) is 30.3 Å². The van der Waals surface area contributed by atoms with Crippen molar-refractivity contribution in [3.05, 3.63) is 57.1 Å². The van der Waals surface area contributed by atoms with Gasteiger partial charge in [0.1, 0.15) is 12.9 Å². The number of benzene rings is 1. The van der Waals surface area contributed by atoms with E-state index >= 15 is 0 Å². The van der Waals surface area contributed by atoms with Crippen molar-refractivity contribution < 1.29 is 9.53 Å². The van der Waals surface area contributed by atoms with Gasteiger partial charge >= 0.3 is 11.7 Å². The summed E-state index contributed by atoms with van der Waals surface area (Å²) in [6.07, 6.45) is 4.89. The van der Waals surface area contributed by atoms with Gasteiger partial charge in [0.05, 0.1) is 25.7 Å². The number of hydrogen-bond acceptors (Lipinski definition) is 9. The Hall–Kier alpha value is -4.50. The summed E-state index contributed by atoms with van der Waals surface area (Å²) in [5.41, 5.74) is 6.80. The molecule has 196 valence electrons. The van der Waals surface area contributed by atoms with Gasteiger partial charge in [0.2, 0.25) is 5.95 Å². The molecular weight excluding hydrogens is 488 g/mol. The van der Waals surface area contributed by atoms with Gasteiger partial charge in [-0.2, -0.15) is 4.98 Å². The number of ether oxygens (including phenoxy) is 1. The highest BCUT2D eigenvalue weighted by Gasteiger charge is 2.27. The Balaban J connectivity index is 1.74. The average Bonchev–Trinajstić information content (AvgIpc) is 3.31. The molecule has 1 fully saturated rings. The fraction of sp³-hybridized carbons (Fsp3) is 0.385. The summed E-state index contributed by atoms with van der Waals surface area (Å²) in [5, 5.41) is 0.779. The maximum atomic E-state index is 13.9. The minimum absolute atomic E-state index is 0.0197. The molecule has 12 nitrogen and oxygen atoms in total. The molecule has 1 aromatic carbocycles. The quantitative estimate of drug-likeness (QED) is 0.286. The van der Waals surface area contributed by atoms with Gasteiger partial charge in [0, 0.05) is 30.7 Å². The van der Waals surface area contributed by atoms with E-state index in [0.29, 0.717) is 24.6 Å². The van der Waals surface area contributed by atoms with E-state index < -0.39 is 23.8 Å². The van der Waals surface area contributed by atoms with Crippen LogP contribution in [0.2, 0.25) is 0 Å². The van der Waals surface area contributed by atoms with Gasteiger partial charge in [-0.05, 0) is 37.5 Å². The van der Waals surface area contributed by atoms with Gasteiger partial charge in [0.15, 0.2) is 11.2 Å². The molecule has 1 aliphatic heterocycles. The molecule has 4 aromatic rings. The van der Waals surface area contributed by atoms with Crippen molar-refractivity contribution in [2.24, 2.45) is 5.73 Å². The van der Waals surface area contributed by atoms with E-state index in [9.17, 15) is 14.4 Å². The summed E-state index contributed by atoms with van der Waals surface area (Å²) in [4.78, 5) is 54.9. The predicted octanol–water partition coefficient (Wildman–Crippen LogP) is 0.475. The lowest BCUT2D eigenvalue weighted by Gasteiger charge is -2.31. The zero-order valence-electron chi connectivity index (χ0n) is 21.3. The molecule has 3 aromatic heterocycles. The SMILES string of the molecule is CC#CCn1c(N2CCCC(N)C2)nc2c1c(=O)n(Cc1ccc3ncncc3c1)c(=O)n2CC(=O)OC. The van der Waals surface area contributed by atoms with Gasteiger partial charge < -0.3 is 15.4 Å². The van der Waals surface area contributed by atoms with Crippen LogP contribution in [0.25, 0.3) is 22.1 Å². The number of imidazole rings is 1. The third kappa shape index (κ3) is 4.64. The first-order valence-electron chi connectivity index (χ1n) is 12.3. The molecule has 0 aliphatic carbocycles. The van der Waals surface area contributed by atoms with Gasteiger partial charge in [-0.15, -0.1) is 5.92 Å². The van der Waals surface area contributed by atoms with E-state index in [1.807, 2.05) is 17.0 Å². The predicted molar refractivity (Wildman–Crippen MR) is 142 cm³/mol. The van der Waals surface area contributed by atoms with Crippen LogP contribution >= 0.6 is 0 Å². The fourth-order valence-electron chi connectivity index (χ4n) is 4.81. The van der Waals surface area contributed by atoms with Crippen LogP contribution in [0.3, 0.4) is 0 Å². The second-order valence-corrected chi connectivity index (χ2v) is 9.20. The summed E-state index contributed by atoms with van der Waals surface area (Å²) >= 11 is 0. The maximum absolute atomic E-state index is 13.9. The Morgan fingerprint density at radius 2 is 2.08 bits per heavy atom. The Morgan fingerprint density at radius 1 is 1.24 bits per heavy atom. The molecule has 1 atom stereocenters. The number of piperidine rings is 1. The molecule has 2 N–H and O–H groups in total. The first-order valence-corrected chi connectivity index (χ1v) is 12.3. The van der Waals surface area contributed by atoms with E-state index in [2.05, 4.69) is 21.8 Å². The number of anilines is 1. The lowest BCUT2D eigenvalue weighted by atomic mass is 10.1.